The number of benzene rings is 1. The number of nitrogens with zero attached hydrogens (tertiary/aromatic N) is 4. The molecule has 0 aliphatic carbocycles. The highest BCUT2D eigenvalue weighted by molar-refractivity contribution is 7.26. The Morgan fingerprint density at radius 1 is 1.29 bits per heavy atom. The minimum absolute atomic E-state index is 0.370. The number of hydrogen-bond acceptors (Lipinski definition) is 6. The summed E-state index contributed by atoms with van der Waals surface area (Å²) in [6.45, 7) is 0.383. The maximum Gasteiger partial charge on any atom is 0.323 e. The summed E-state index contributed by atoms with van der Waals surface area (Å²) in [6.07, 6.45) is 6.68. The van der Waals surface area contributed by atoms with Gasteiger partial charge in [0.1, 0.15) is 23.7 Å². The Morgan fingerprint density at radius 2 is 2.03 bits per heavy atom. The van der Waals surface area contributed by atoms with E-state index in [1.54, 1.807) is 12.1 Å². The number of hydrazone groups is 1. The van der Waals surface area contributed by atoms with Gasteiger partial charge in [-0.25, -0.2) is 14.6 Å². The van der Waals surface area contributed by atoms with Crippen LogP contribution in [0.15, 0.2) is 71.1 Å². The maximum atomic E-state index is 15.8. The van der Waals surface area contributed by atoms with Crippen LogP contribution in [0.2, 0.25) is 0 Å². The molecule has 0 aliphatic rings. The summed E-state index contributed by atoms with van der Waals surface area (Å²) >= 11 is 0. The lowest BCUT2D eigenvalue weighted by Gasteiger charge is -2.38. The van der Waals surface area contributed by atoms with Gasteiger partial charge in [-0.1, -0.05) is 27.2 Å². The molecule has 2 aromatic rings. The minimum Gasteiger partial charge on any atom is -0.377 e. The maximum absolute atomic E-state index is 15.8. The van der Waals surface area contributed by atoms with Gasteiger partial charge in [-0.3, -0.25) is 15.0 Å². The van der Waals surface area contributed by atoms with Crippen LogP contribution in [0.4, 0.5) is 17.6 Å². The first-order valence-corrected chi connectivity index (χ1v) is 10.5. The smallest absolute Gasteiger partial charge is 0.323 e. The molecule has 2 rings (SSSR count). The Hall–Kier alpha value is -3.58. The van der Waals surface area contributed by atoms with E-state index in [0.717, 1.165) is 30.1 Å². The van der Waals surface area contributed by atoms with Crippen LogP contribution < -0.4 is 17.1 Å². The average Bonchev–Trinajstić information content (AvgIpc) is 2.79. The van der Waals surface area contributed by atoms with Crippen molar-refractivity contribution in [1.82, 2.24) is 9.99 Å². The van der Waals surface area contributed by atoms with Gasteiger partial charge in [0.05, 0.1) is 12.0 Å². The van der Waals surface area contributed by atoms with Crippen molar-refractivity contribution in [2.24, 2.45) is 21.8 Å². The first-order chi connectivity index (χ1) is 16.5. The zero-order valence-electron chi connectivity index (χ0n) is 18.5. The highest BCUT2D eigenvalue weighted by atomic mass is 31.0. The molecular formula is C23H23F4N6OP. The molecule has 0 amide bonds. The van der Waals surface area contributed by atoms with Crippen LogP contribution >= 0.6 is 9.24 Å². The number of aliphatic hydroxyl groups is 1. The lowest BCUT2D eigenvalue weighted by molar-refractivity contribution is -0.150. The second-order valence-corrected chi connectivity index (χ2v) is 7.66. The molecule has 0 bridgehead atoms. The first kappa shape index (κ1) is 27.7. The van der Waals surface area contributed by atoms with Gasteiger partial charge < -0.3 is 10.9 Å². The number of pyridine rings is 1. The number of aromatic nitrogens is 1. The molecule has 0 spiro atoms. The van der Waals surface area contributed by atoms with E-state index in [1.165, 1.54) is 25.3 Å². The second kappa shape index (κ2) is 12.2. The Kier molecular flexibility index (Phi) is 9.66. The van der Waals surface area contributed by atoms with Crippen LogP contribution in [-0.4, -0.2) is 39.6 Å². The summed E-state index contributed by atoms with van der Waals surface area (Å²) in [5.41, 5.74) is -3.82. The summed E-state index contributed by atoms with van der Waals surface area (Å²) < 4.78 is 59.5. The van der Waals surface area contributed by atoms with E-state index in [-0.39, 0.29) is 0 Å². The minimum atomic E-state index is -4.23. The molecule has 2 unspecified atom stereocenters. The Balaban J connectivity index is 2.51. The summed E-state index contributed by atoms with van der Waals surface area (Å²) in [4.78, 5) is 7.78. The monoisotopic (exact) mass is 506 g/mol. The van der Waals surface area contributed by atoms with Crippen molar-refractivity contribution in [1.29, 1.82) is 0 Å². The third-order valence-electron chi connectivity index (χ3n) is 4.54. The third-order valence-corrected chi connectivity index (χ3v) is 4.88. The molecule has 7 nitrogen and oxygen atoms in total. The molecule has 0 saturated heterocycles. The van der Waals surface area contributed by atoms with Crippen LogP contribution in [0.3, 0.4) is 0 Å². The molecule has 1 aromatic heterocycles. The Bertz CT molecular complexity index is 1200. The predicted molar refractivity (Wildman–Crippen MR) is 131 cm³/mol. The molecule has 12 heteroatoms. The van der Waals surface area contributed by atoms with Crippen molar-refractivity contribution in [2.45, 2.75) is 18.4 Å². The van der Waals surface area contributed by atoms with Crippen LogP contribution in [0.5, 0.6) is 0 Å². The molecule has 1 heterocycles. The Labute approximate surface area is 202 Å². The first-order valence-electron chi connectivity index (χ1n) is 9.94. The second-order valence-electron chi connectivity index (χ2n) is 7.07. The molecule has 0 aliphatic heterocycles. The van der Waals surface area contributed by atoms with Crippen LogP contribution in [-0.2, 0) is 5.60 Å². The van der Waals surface area contributed by atoms with E-state index in [2.05, 4.69) is 36.2 Å². The van der Waals surface area contributed by atoms with Crippen LogP contribution in [0.25, 0.3) is 0 Å². The van der Waals surface area contributed by atoms with E-state index in [0.29, 0.717) is 22.7 Å². The van der Waals surface area contributed by atoms with Gasteiger partial charge in [0, 0.05) is 35.7 Å². The lowest BCUT2D eigenvalue weighted by Crippen LogP contribution is -2.58. The van der Waals surface area contributed by atoms with Gasteiger partial charge in [-0.05, 0) is 37.3 Å². The standard InChI is InChI=1S/C23H23F4N6OP/c1-2-5-20(30-11-4-3-6-16-7-10-21(35)31-13-16)23(26,27)22(34,14-33(29)15-32-28)18-9-8-17(24)12-19(18)25/h2,4-5,7-13,15,34H,14,28-29,35H2,1H3/b5-2-,11-4+,30-20+,32-15-. The highest BCUT2D eigenvalue weighted by Crippen LogP contribution is 2.41. The average molecular weight is 506 g/mol. The van der Waals surface area contributed by atoms with E-state index in [9.17, 15) is 13.9 Å². The van der Waals surface area contributed by atoms with E-state index >= 15 is 8.78 Å². The zero-order valence-corrected chi connectivity index (χ0v) is 19.7. The van der Waals surface area contributed by atoms with Gasteiger partial charge in [-0.2, -0.15) is 13.9 Å². The molecule has 2 atom stereocenters. The summed E-state index contributed by atoms with van der Waals surface area (Å²) in [5, 5.41) is 14.8. The van der Waals surface area contributed by atoms with Crippen LogP contribution in [0.1, 0.15) is 18.1 Å². The molecule has 5 N–H and O–H groups in total. The molecule has 35 heavy (non-hydrogen) atoms. The van der Waals surface area contributed by atoms with Gasteiger partial charge >= 0.3 is 5.92 Å². The number of hydrazine groups is 1. The molecule has 0 fully saturated rings. The number of rotatable bonds is 8. The topological polar surface area (TPSA) is 113 Å². The fraction of sp³-hybridized carbons (Fsp3) is 0.174. The van der Waals surface area contributed by atoms with E-state index in [1.807, 2.05) is 0 Å². The molecule has 1 aromatic carbocycles. The fourth-order valence-corrected chi connectivity index (χ4v) is 3.10. The summed E-state index contributed by atoms with van der Waals surface area (Å²) in [7, 11) is 2.43. The molecular weight excluding hydrogens is 483 g/mol. The number of allylic oxidation sites excluding steroid dienone is 3. The predicted octanol–water partition coefficient (Wildman–Crippen LogP) is 2.34. The molecule has 184 valence electrons. The lowest BCUT2D eigenvalue weighted by atomic mass is 9.83. The van der Waals surface area contributed by atoms with E-state index < -0.39 is 41.0 Å². The summed E-state index contributed by atoms with van der Waals surface area (Å²) in [6, 6.07) is 5.26. The van der Waals surface area contributed by atoms with Crippen molar-refractivity contribution in [3.8, 4) is 11.8 Å². The largest absolute Gasteiger partial charge is 0.377 e. The zero-order chi connectivity index (χ0) is 26.1. The molecule has 0 radical (unpaired) electrons. The van der Waals surface area contributed by atoms with Gasteiger partial charge in [0.2, 0.25) is 0 Å². The van der Waals surface area contributed by atoms with Gasteiger partial charge in [0.25, 0.3) is 0 Å². The van der Waals surface area contributed by atoms with Crippen molar-refractivity contribution >= 4 is 26.7 Å². The third kappa shape index (κ3) is 6.96. The van der Waals surface area contributed by atoms with Gasteiger partial charge in [-0.15, -0.1) is 0 Å². The molecule has 0 saturated carbocycles. The fourth-order valence-electron chi connectivity index (χ4n) is 2.93. The SMILES string of the molecule is C\C=C/C(=N\C=C\C#Cc1ccc(P)nc1)C(F)(F)C(O)(CN(N)/C=N\N)c1ccc(F)cc1F. The number of nitrogens with two attached hydrogens (primary N) is 2. The van der Waals surface area contributed by atoms with Crippen molar-refractivity contribution < 1.29 is 22.7 Å². The number of halogens is 4. The Morgan fingerprint density at radius 3 is 2.63 bits per heavy atom. The van der Waals surface area contributed by atoms with Crippen LogP contribution in [0, 0.1) is 23.5 Å². The van der Waals surface area contributed by atoms with Crippen molar-refractivity contribution in [3.05, 3.63) is 83.7 Å². The quantitative estimate of drug-likeness (QED) is 0.0968. The number of hydrogen-bond donors (Lipinski definition) is 3. The number of alkyl halides is 2. The van der Waals surface area contributed by atoms with E-state index in [4.69, 9.17) is 11.7 Å². The highest BCUT2D eigenvalue weighted by Gasteiger charge is 2.58. The van der Waals surface area contributed by atoms with Gasteiger partial charge in [0.15, 0.2) is 5.60 Å². The summed E-state index contributed by atoms with van der Waals surface area (Å²) in [5.74, 6) is 9.31. The van der Waals surface area contributed by atoms with Crippen molar-refractivity contribution in [3.63, 3.8) is 0 Å². The number of aliphatic imine (C=N–C) groups is 1. The van der Waals surface area contributed by atoms with Crippen molar-refractivity contribution in [2.75, 3.05) is 6.54 Å². The normalized spacial score (nSPS) is 14.3.